The van der Waals surface area contributed by atoms with Crippen molar-refractivity contribution in [2.24, 2.45) is 0 Å². The summed E-state index contributed by atoms with van der Waals surface area (Å²) in [5.74, 6) is 0. The third-order valence-electron chi connectivity index (χ3n) is 5.36. The maximum atomic E-state index is 12.4. The van der Waals surface area contributed by atoms with E-state index >= 15 is 0 Å². The van der Waals surface area contributed by atoms with Crippen LogP contribution in [-0.4, -0.2) is 59.1 Å². The highest BCUT2D eigenvalue weighted by Crippen LogP contribution is 2.20. The van der Waals surface area contributed by atoms with Crippen LogP contribution in [0.25, 0.3) is 5.69 Å². The number of nitrogens with one attached hydrogen (secondary N) is 2. The van der Waals surface area contributed by atoms with Crippen molar-refractivity contribution in [2.75, 3.05) is 31.6 Å². The number of amides is 2. The van der Waals surface area contributed by atoms with Crippen molar-refractivity contribution < 1.29 is 9.53 Å². The third-order valence-corrected chi connectivity index (χ3v) is 5.36. The molecule has 2 aromatic rings. The highest BCUT2D eigenvalue weighted by atomic mass is 16.5. The average Bonchev–Trinajstić information content (AvgIpc) is 3.37. The SMILES string of the molecule is Cc1cc(C)n(-c2ccc(NC(=O)N[C@H]3COC[C@@H]3N3CCCC3)cc2)n1. The second-order valence-electron chi connectivity index (χ2n) is 7.44. The van der Waals surface area contributed by atoms with Gasteiger partial charge < -0.3 is 15.4 Å². The van der Waals surface area contributed by atoms with E-state index in [9.17, 15) is 4.79 Å². The second-order valence-corrected chi connectivity index (χ2v) is 7.44. The smallest absolute Gasteiger partial charge is 0.319 e. The van der Waals surface area contributed by atoms with Gasteiger partial charge in [0, 0.05) is 11.4 Å². The molecule has 2 amide bonds. The number of likely N-dealkylation sites (tertiary alicyclic amines) is 1. The first-order valence-electron chi connectivity index (χ1n) is 9.63. The molecule has 0 spiro atoms. The van der Waals surface area contributed by atoms with Crippen LogP contribution in [-0.2, 0) is 4.74 Å². The molecule has 7 heteroatoms. The summed E-state index contributed by atoms with van der Waals surface area (Å²) in [5.41, 5.74) is 3.81. The molecular weight excluding hydrogens is 342 g/mol. The van der Waals surface area contributed by atoms with Gasteiger partial charge in [-0.1, -0.05) is 0 Å². The average molecular weight is 369 g/mol. The summed E-state index contributed by atoms with van der Waals surface area (Å²) in [6.07, 6.45) is 2.47. The summed E-state index contributed by atoms with van der Waals surface area (Å²) >= 11 is 0. The maximum absolute atomic E-state index is 12.4. The molecule has 144 valence electrons. The third kappa shape index (κ3) is 3.99. The predicted octanol–water partition coefficient (Wildman–Crippen LogP) is 2.47. The Labute approximate surface area is 159 Å². The number of nitrogens with zero attached hydrogens (tertiary/aromatic N) is 3. The van der Waals surface area contributed by atoms with Crippen LogP contribution < -0.4 is 10.6 Å². The van der Waals surface area contributed by atoms with Gasteiger partial charge in [0.2, 0.25) is 0 Å². The summed E-state index contributed by atoms with van der Waals surface area (Å²) in [6, 6.07) is 9.89. The van der Waals surface area contributed by atoms with Gasteiger partial charge in [-0.15, -0.1) is 0 Å². The molecule has 2 N–H and O–H groups in total. The first-order chi connectivity index (χ1) is 13.1. The molecule has 2 atom stereocenters. The molecule has 2 fully saturated rings. The van der Waals surface area contributed by atoms with Gasteiger partial charge in [-0.2, -0.15) is 5.10 Å². The molecule has 27 heavy (non-hydrogen) atoms. The molecular formula is C20H27N5O2. The van der Waals surface area contributed by atoms with Crippen molar-refractivity contribution in [1.29, 1.82) is 0 Å². The van der Waals surface area contributed by atoms with Crippen LogP contribution in [0.1, 0.15) is 24.2 Å². The Morgan fingerprint density at radius 2 is 1.89 bits per heavy atom. The molecule has 1 aromatic carbocycles. The quantitative estimate of drug-likeness (QED) is 0.869. The molecule has 0 radical (unpaired) electrons. The Kier molecular flexibility index (Phi) is 5.13. The molecule has 2 saturated heterocycles. The number of aromatic nitrogens is 2. The van der Waals surface area contributed by atoms with Crippen molar-refractivity contribution in [3.05, 3.63) is 41.7 Å². The Balaban J connectivity index is 1.36. The second kappa shape index (κ2) is 7.70. The Bertz CT molecular complexity index is 795. The van der Waals surface area contributed by atoms with Gasteiger partial charge in [0.15, 0.2) is 0 Å². The number of hydrogen-bond donors (Lipinski definition) is 2. The minimum Gasteiger partial charge on any atom is -0.378 e. The highest BCUT2D eigenvalue weighted by Gasteiger charge is 2.35. The zero-order valence-electron chi connectivity index (χ0n) is 15.9. The van der Waals surface area contributed by atoms with E-state index in [0.29, 0.717) is 13.2 Å². The topological polar surface area (TPSA) is 71.4 Å². The number of carbonyl (C=O) groups excluding carboxylic acids is 1. The van der Waals surface area contributed by atoms with E-state index in [1.165, 1.54) is 12.8 Å². The fourth-order valence-corrected chi connectivity index (χ4v) is 4.03. The number of aryl methyl sites for hydroxylation is 2. The van der Waals surface area contributed by atoms with Crippen molar-refractivity contribution in [1.82, 2.24) is 20.0 Å². The standard InChI is InChI=1S/C20H27N5O2/c1-14-11-15(2)25(23-14)17-7-5-16(6-8-17)21-20(26)22-18-12-27-13-19(18)24-9-3-4-10-24/h5-8,11,18-19H,3-4,9-10,12-13H2,1-2H3,(H2,21,22,26)/t18-,19-/m0/s1. The first kappa shape index (κ1) is 18.0. The van der Waals surface area contributed by atoms with E-state index in [0.717, 1.165) is 35.9 Å². The lowest BCUT2D eigenvalue weighted by Crippen LogP contribution is -2.51. The van der Waals surface area contributed by atoms with Gasteiger partial charge in [0.25, 0.3) is 0 Å². The van der Waals surface area contributed by atoms with E-state index in [1.54, 1.807) is 0 Å². The van der Waals surface area contributed by atoms with E-state index in [-0.39, 0.29) is 18.1 Å². The minimum atomic E-state index is -0.187. The van der Waals surface area contributed by atoms with Crippen LogP contribution in [0.5, 0.6) is 0 Å². The summed E-state index contributed by atoms with van der Waals surface area (Å²) in [4.78, 5) is 14.9. The molecule has 2 aliphatic rings. The van der Waals surface area contributed by atoms with Gasteiger partial charge >= 0.3 is 6.03 Å². The van der Waals surface area contributed by atoms with E-state index in [2.05, 4.69) is 20.6 Å². The number of anilines is 1. The van der Waals surface area contributed by atoms with Crippen molar-refractivity contribution >= 4 is 11.7 Å². The monoisotopic (exact) mass is 369 g/mol. The Morgan fingerprint density at radius 3 is 2.56 bits per heavy atom. The Morgan fingerprint density at radius 1 is 1.15 bits per heavy atom. The molecule has 1 aromatic heterocycles. The van der Waals surface area contributed by atoms with Crippen molar-refractivity contribution in [2.45, 2.75) is 38.8 Å². The zero-order valence-corrected chi connectivity index (χ0v) is 15.9. The fourth-order valence-electron chi connectivity index (χ4n) is 4.03. The number of ether oxygens (including phenoxy) is 1. The number of hydrogen-bond acceptors (Lipinski definition) is 4. The lowest BCUT2D eigenvalue weighted by Gasteiger charge is -2.27. The Hall–Kier alpha value is -2.38. The molecule has 2 aliphatic heterocycles. The summed E-state index contributed by atoms with van der Waals surface area (Å²) in [7, 11) is 0. The number of rotatable bonds is 4. The highest BCUT2D eigenvalue weighted by molar-refractivity contribution is 5.89. The molecule has 4 rings (SSSR count). The van der Waals surface area contributed by atoms with E-state index < -0.39 is 0 Å². The fraction of sp³-hybridized carbons (Fsp3) is 0.500. The van der Waals surface area contributed by atoms with Crippen LogP contribution in [0.3, 0.4) is 0 Å². The van der Waals surface area contributed by atoms with Crippen LogP contribution in [0.4, 0.5) is 10.5 Å². The summed E-state index contributed by atoms with van der Waals surface area (Å²) < 4.78 is 7.52. The number of urea groups is 1. The van der Waals surface area contributed by atoms with Gasteiger partial charge in [-0.05, 0) is 70.1 Å². The molecule has 0 bridgehead atoms. The number of carbonyl (C=O) groups is 1. The van der Waals surface area contributed by atoms with Crippen LogP contribution in [0.15, 0.2) is 30.3 Å². The normalized spacial score (nSPS) is 22.9. The molecule has 0 unspecified atom stereocenters. The van der Waals surface area contributed by atoms with Gasteiger partial charge in [0.05, 0.1) is 36.7 Å². The largest absolute Gasteiger partial charge is 0.378 e. The zero-order chi connectivity index (χ0) is 18.8. The predicted molar refractivity (Wildman–Crippen MR) is 104 cm³/mol. The van der Waals surface area contributed by atoms with Gasteiger partial charge in [0.1, 0.15) is 0 Å². The molecule has 0 saturated carbocycles. The first-order valence-corrected chi connectivity index (χ1v) is 9.63. The van der Waals surface area contributed by atoms with Crippen molar-refractivity contribution in [3.63, 3.8) is 0 Å². The lowest BCUT2D eigenvalue weighted by molar-refractivity contribution is 0.159. The molecule has 0 aliphatic carbocycles. The van der Waals surface area contributed by atoms with Crippen LogP contribution in [0, 0.1) is 13.8 Å². The minimum absolute atomic E-state index is 0.0390. The summed E-state index contributed by atoms with van der Waals surface area (Å²) in [5, 5.41) is 10.5. The van der Waals surface area contributed by atoms with E-state index in [1.807, 2.05) is 48.9 Å². The lowest BCUT2D eigenvalue weighted by atomic mass is 10.1. The molecule has 7 nitrogen and oxygen atoms in total. The van der Waals surface area contributed by atoms with Gasteiger partial charge in [-0.25, -0.2) is 9.48 Å². The van der Waals surface area contributed by atoms with Crippen LogP contribution in [0.2, 0.25) is 0 Å². The summed E-state index contributed by atoms with van der Waals surface area (Å²) in [6.45, 7) is 7.48. The molecule has 3 heterocycles. The van der Waals surface area contributed by atoms with Crippen LogP contribution >= 0.6 is 0 Å². The maximum Gasteiger partial charge on any atom is 0.319 e. The van der Waals surface area contributed by atoms with E-state index in [4.69, 9.17) is 4.74 Å². The van der Waals surface area contributed by atoms with Crippen molar-refractivity contribution in [3.8, 4) is 5.69 Å². The number of benzene rings is 1. The van der Waals surface area contributed by atoms with Gasteiger partial charge in [-0.3, -0.25) is 4.90 Å².